The predicted octanol–water partition coefficient (Wildman–Crippen LogP) is 2.59. The van der Waals surface area contributed by atoms with Crippen LogP contribution in [0.5, 0.6) is 0 Å². The lowest BCUT2D eigenvalue weighted by atomic mass is 10.2. The summed E-state index contributed by atoms with van der Waals surface area (Å²) in [6, 6.07) is 2.72. The Hall–Kier alpha value is -1.00. The summed E-state index contributed by atoms with van der Waals surface area (Å²) in [5, 5.41) is 1.73. The van der Waals surface area contributed by atoms with E-state index in [9.17, 15) is 4.39 Å². The molecule has 0 aromatic heterocycles. The molecule has 5 heteroatoms. The van der Waals surface area contributed by atoms with Crippen molar-refractivity contribution in [3.05, 3.63) is 23.0 Å². The molecule has 0 unspecified atom stereocenters. The molecule has 2 rings (SSSR count). The maximum Gasteiger partial charge on any atom is 0.143 e. The molecule has 0 saturated carbocycles. The fourth-order valence-electron chi connectivity index (χ4n) is 1.55. The van der Waals surface area contributed by atoms with E-state index in [1.54, 1.807) is 5.06 Å². The van der Waals surface area contributed by atoms with E-state index in [1.807, 2.05) is 0 Å². The van der Waals surface area contributed by atoms with Crippen LogP contribution in [0.25, 0.3) is 0 Å². The van der Waals surface area contributed by atoms with Crippen LogP contribution in [0, 0.1) is 5.82 Å². The second kappa shape index (κ2) is 4.24. The number of nitrogens with zero attached hydrogens (tertiary/aromatic N) is 1. The van der Waals surface area contributed by atoms with Gasteiger partial charge in [-0.05, 0) is 18.9 Å². The van der Waals surface area contributed by atoms with E-state index >= 15 is 0 Å². The van der Waals surface area contributed by atoms with E-state index in [-0.39, 0.29) is 5.02 Å². The van der Waals surface area contributed by atoms with Gasteiger partial charge in [-0.1, -0.05) is 11.6 Å². The Labute approximate surface area is 92.5 Å². The Bertz CT molecular complexity index is 367. The van der Waals surface area contributed by atoms with Crippen LogP contribution in [0.15, 0.2) is 12.1 Å². The zero-order valence-corrected chi connectivity index (χ0v) is 8.93. The van der Waals surface area contributed by atoms with Gasteiger partial charge in [0.2, 0.25) is 0 Å². The lowest BCUT2D eigenvalue weighted by molar-refractivity contribution is 0.0781. The molecule has 1 heterocycles. The molecule has 0 aliphatic carbocycles. The van der Waals surface area contributed by atoms with Crippen LogP contribution in [0.1, 0.15) is 12.8 Å². The van der Waals surface area contributed by atoms with Gasteiger partial charge in [0.25, 0.3) is 0 Å². The summed E-state index contributed by atoms with van der Waals surface area (Å²) >= 11 is 5.69. The highest BCUT2D eigenvalue weighted by Gasteiger charge is 2.16. The summed E-state index contributed by atoms with van der Waals surface area (Å²) in [5.74, 6) is -0.505. The molecule has 0 bridgehead atoms. The molecule has 1 aromatic rings. The van der Waals surface area contributed by atoms with Gasteiger partial charge in [-0.3, -0.25) is 9.90 Å². The maximum absolute atomic E-state index is 13.1. The molecule has 1 saturated heterocycles. The topological polar surface area (TPSA) is 38.5 Å². The van der Waals surface area contributed by atoms with Crippen molar-refractivity contribution in [1.82, 2.24) is 0 Å². The largest absolute Gasteiger partial charge is 0.397 e. The Morgan fingerprint density at radius 1 is 1.40 bits per heavy atom. The second-order valence-electron chi connectivity index (χ2n) is 3.47. The van der Waals surface area contributed by atoms with Crippen LogP contribution in [0.3, 0.4) is 0 Å². The summed E-state index contributed by atoms with van der Waals surface area (Å²) in [6.45, 7) is 1.42. The average Bonchev–Trinajstić information content (AvgIpc) is 2.25. The van der Waals surface area contributed by atoms with Gasteiger partial charge in [0.05, 0.1) is 23.0 Å². The number of benzene rings is 1. The molecule has 0 spiro atoms. The van der Waals surface area contributed by atoms with Gasteiger partial charge in [0, 0.05) is 12.6 Å². The Balaban J connectivity index is 2.30. The van der Waals surface area contributed by atoms with Crippen molar-refractivity contribution in [2.24, 2.45) is 0 Å². The summed E-state index contributed by atoms with van der Waals surface area (Å²) in [5.41, 5.74) is 6.69. The normalized spacial score (nSPS) is 16.8. The molecule has 15 heavy (non-hydrogen) atoms. The minimum Gasteiger partial charge on any atom is -0.397 e. The fraction of sp³-hybridized carbons (Fsp3) is 0.400. The van der Waals surface area contributed by atoms with Gasteiger partial charge >= 0.3 is 0 Å². The fourth-order valence-corrected chi connectivity index (χ4v) is 1.71. The van der Waals surface area contributed by atoms with Gasteiger partial charge in [-0.25, -0.2) is 4.39 Å². The standard InChI is InChI=1S/C10H12ClFN2O/c11-7-5-10(9(13)6-8(7)12)14-3-1-2-4-15-14/h5-6H,1-4,13H2. The van der Waals surface area contributed by atoms with Crippen LogP contribution >= 0.6 is 11.6 Å². The molecule has 1 aliphatic heterocycles. The first-order valence-electron chi connectivity index (χ1n) is 4.83. The van der Waals surface area contributed by atoms with Gasteiger partial charge in [-0.2, -0.15) is 0 Å². The Morgan fingerprint density at radius 2 is 2.20 bits per heavy atom. The van der Waals surface area contributed by atoms with Gasteiger partial charge < -0.3 is 5.73 Å². The highest BCUT2D eigenvalue weighted by molar-refractivity contribution is 6.31. The SMILES string of the molecule is Nc1cc(F)c(Cl)cc1N1CCCCO1. The molecule has 1 aromatic carbocycles. The molecule has 3 nitrogen and oxygen atoms in total. The smallest absolute Gasteiger partial charge is 0.143 e. The Morgan fingerprint density at radius 3 is 2.87 bits per heavy atom. The third kappa shape index (κ3) is 2.16. The van der Waals surface area contributed by atoms with E-state index in [0.717, 1.165) is 19.4 Å². The molecule has 0 atom stereocenters. The van der Waals surface area contributed by atoms with Crippen LogP contribution in [-0.4, -0.2) is 13.2 Å². The number of hydrogen-bond acceptors (Lipinski definition) is 3. The molecular weight excluding hydrogens is 219 g/mol. The molecular formula is C10H12ClFN2O. The summed E-state index contributed by atoms with van der Waals surface area (Å²) in [6.07, 6.45) is 2.07. The van der Waals surface area contributed by atoms with E-state index in [4.69, 9.17) is 22.2 Å². The minimum absolute atomic E-state index is 0.0633. The lowest BCUT2D eigenvalue weighted by Gasteiger charge is -2.28. The number of hydrogen-bond donors (Lipinski definition) is 1. The minimum atomic E-state index is -0.505. The molecule has 1 aliphatic rings. The highest BCUT2D eigenvalue weighted by Crippen LogP contribution is 2.30. The number of nitrogen functional groups attached to an aromatic ring is 1. The molecule has 82 valence electrons. The molecule has 2 N–H and O–H groups in total. The summed E-state index contributed by atoms with van der Waals surface area (Å²) in [7, 11) is 0. The van der Waals surface area contributed by atoms with Gasteiger partial charge in [0.1, 0.15) is 5.82 Å². The first-order valence-corrected chi connectivity index (χ1v) is 5.21. The zero-order valence-electron chi connectivity index (χ0n) is 8.17. The molecule has 0 radical (unpaired) electrons. The predicted molar refractivity (Wildman–Crippen MR) is 58.4 cm³/mol. The lowest BCUT2D eigenvalue weighted by Crippen LogP contribution is -2.30. The number of halogens is 2. The Kier molecular flexibility index (Phi) is 2.98. The van der Waals surface area contributed by atoms with Crippen LogP contribution < -0.4 is 10.8 Å². The highest BCUT2D eigenvalue weighted by atomic mass is 35.5. The van der Waals surface area contributed by atoms with Crippen LogP contribution in [0.4, 0.5) is 15.8 Å². The van der Waals surface area contributed by atoms with Crippen LogP contribution in [0.2, 0.25) is 5.02 Å². The second-order valence-corrected chi connectivity index (χ2v) is 3.87. The summed E-state index contributed by atoms with van der Waals surface area (Å²) < 4.78 is 13.1. The number of nitrogens with two attached hydrogens (primary N) is 1. The van der Waals surface area contributed by atoms with Crippen molar-refractivity contribution >= 4 is 23.0 Å². The number of anilines is 2. The van der Waals surface area contributed by atoms with Crippen molar-refractivity contribution in [3.8, 4) is 0 Å². The van der Waals surface area contributed by atoms with E-state index in [2.05, 4.69) is 0 Å². The number of rotatable bonds is 1. The van der Waals surface area contributed by atoms with Gasteiger partial charge in [0.15, 0.2) is 0 Å². The van der Waals surface area contributed by atoms with E-state index in [0.29, 0.717) is 18.0 Å². The van der Waals surface area contributed by atoms with E-state index in [1.165, 1.54) is 12.1 Å². The summed E-state index contributed by atoms with van der Waals surface area (Å²) in [4.78, 5) is 5.41. The third-order valence-electron chi connectivity index (χ3n) is 2.34. The zero-order chi connectivity index (χ0) is 10.8. The van der Waals surface area contributed by atoms with Crippen molar-refractivity contribution in [2.75, 3.05) is 23.9 Å². The number of hydroxylamine groups is 1. The third-order valence-corrected chi connectivity index (χ3v) is 2.63. The molecule has 0 amide bonds. The van der Waals surface area contributed by atoms with Crippen LogP contribution in [-0.2, 0) is 4.84 Å². The average molecular weight is 231 g/mol. The van der Waals surface area contributed by atoms with Gasteiger partial charge in [-0.15, -0.1) is 0 Å². The van der Waals surface area contributed by atoms with Crippen molar-refractivity contribution in [3.63, 3.8) is 0 Å². The first-order chi connectivity index (χ1) is 7.18. The first kappa shape index (κ1) is 10.5. The van der Waals surface area contributed by atoms with Crippen molar-refractivity contribution in [2.45, 2.75) is 12.8 Å². The van der Waals surface area contributed by atoms with Crippen molar-refractivity contribution < 1.29 is 9.23 Å². The maximum atomic E-state index is 13.1. The molecule has 1 fully saturated rings. The quantitative estimate of drug-likeness (QED) is 0.754. The van der Waals surface area contributed by atoms with Crippen molar-refractivity contribution in [1.29, 1.82) is 0 Å². The van der Waals surface area contributed by atoms with E-state index < -0.39 is 5.82 Å². The monoisotopic (exact) mass is 230 g/mol.